The first-order valence-corrected chi connectivity index (χ1v) is 9.21. The Kier molecular flexibility index (Phi) is 3.05. The Morgan fingerprint density at radius 2 is 1.70 bits per heavy atom. The molecule has 7 atom stereocenters. The zero-order valence-electron chi connectivity index (χ0n) is 13.4. The van der Waals surface area contributed by atoms with Crippen molar-refractivity contribution >= 4 is 0 Å². The van der Waals surface area contributed by atoms with Crippen molar-refractivity contribution in [2.45, 2.75) is 84.2 Å². The first-order valence-electron chi connectivity index (χ1n) is 9.21. The molecular weight excluding hydrogens is 244 g/mol. The second kappa shape index (κ2) is 4.48. The summed E-state index contributed by atoms with van der Waals surface area (Å²) in [6.07, 6.45) is 13.8. The highest BCUT2D eigenvalue weighted by molar-refractivity contribution is 5.07. The molecule has 20 heavy (non-hydrogen) atoms. The lowest BCUT2D eigenvalue weighted by molar-refractivity contribution is -0.120. The van der Waals surface area contributed by atoms with Gasteiger partial charge in [0.2, 0.25) is 0 Å². The van der Waals surface area contributed by atoms with E-state index in [9.17, 15) is 5.11 Å². The first kappa shape index (κ1) is 13.6. The minimum atomic E-state index is 0.00459. The highest BCUT2D eigenvalue weighted by Crippen LogP contribution is 2.66. The Balaban J connectivity index is 1.62. The van der Waals surface area contributed by atoms with Gasteiger partial charge in [-0.3, -0.25) is 0 Å². The maximum atomic E-state index is 10.0. The molecule has 4 rings (SSSR count). The predicted octanol–water partition coefficient (Wildman–Crippen LogP) is 4.78. The summed E-state index contributed by atoms with van der Waals surface area (Å²) in [5.41, 5.74) is 1.25. The number of hydrogen-bond donors (Lipinski definition) is 1. The van der Waals surface area contributed by atoms with E-state index in [1.165, 1.54) is 51.4 Å². The van der Waals surface area contributed by atoms with Crippen LogP contribution in [-0.2, 0) is 0 Å². The first-order chi connectivity index (χ1) is 9.53. The number of fused-ring (bicyclic) bond motifs is 5. The average molecular weight is 276 g/mol. The molecule has 0 aromatic carbocycles. The van der Waals surface area contributed by atoms with Crippen molar-refractivity contribution < 1.29 is 5.11 Å². The summed E-state index contributed by atoms with van der Waals surface area (Å²) < 4.78 is 0. The number of rotatable bonds is 0. The Morgan fingerprint density at radius 3 is 2.55 bits per heavy atom. The smallest absolute Gasteiger partial charge is 0.0543 e. The second-order valence-electron chi connectivity index (χ2n) is 9.17. The fourth-order valence-electron chi connectivity index (χ4n) is 7.23. The van der Waals surface area contributed by atoms with Crippen molar-refractivity contribution in [2.75, 3.05) is 0 Å². The molecule has 1 N–H and O–H groups in total. The van der Waals surface area contributed by atoms with E-state index in [1.54, 1.807) is 0 Å². The minimum Gasteiger partial charge on any atom is -0.393 e. The van der Waals surface area contributed by atoms with Gasteiger partial charge < -0.3 is 5.11 Å². The number of aliphatic hydroxyl groups excluding tert-OH is 1. The van der Waals surface area contributed by atoms with E-state index in [4.69, 9.17) is 0 Å². The second-order valence-corrected chi connectivity index (χ2v) is 9.17. The van der Waals surface area contributed by atoms with Gasteiger partial charge in [-0.05, 0) is 92.3 Å². The Hall–Kier alpha value is -0.0400. The highest BCUT2D eigenvalue weighted by Gasteiger charge is 2.57. The summed E-state index contributed by atoms with van der Waals surface area (Å²) >= 11 is 0. The zero-order valence-corrected chi connectivity index (χ0v) is 13.4. The van der Waals surface area contributed by atoms with E-state index < -0.39 is 0 Å². The third kappa shape index (κ3) is 1.77. The standard InChI is InChI=1S/C19H32O/c1-18-9-3-4-16(18)15-6-5-13-12-14(20)7-11-19(13,2)17(15)8-10-18/h13-17,20H,3-12H2,1-2H3/t13-,14-,15+,16-,17+,18-,19-/m0/s1. The van der Waals surface area contributed by atoms with Gasteiger partial charge in [-0.15, -0.1) is 0 Å². The van der Waals surface area contributed by atoms with Crippen LogP contribution in [0.1, 0.15) is 78.1 Å². The monoisotopic (exact) mass is 276 g/mol. The quantitative estimate of drug-likeness (QED) is 0.675. The lowest BCUT2D eigenvalue weighted by Crippen LogP contribution is -2.53. The van der Waals surface area contributed by atoms with E-state index in [2.05, 4.69) is 13.8 Å². The van der Waals surface area contributed by atoms with Crippen molar-refractivity contribution in [3.05, 3.63) is 0 Å². The SMILES string of the molecule is C[C@@]12CCC[C@H]1[C@H]1CC[C@H]3C[C@@H](O)CC[C@]3(C)[C@@H]1CC2. The minimum absolute atomic E-state index is 0.00459. The molecule has 4 fully saturated rings. The highest BCUT2D eigenvalue weighted by atomic mass is 16.3. The van der Waals surface area contributed by atoms with Gasteiger partial charge in [0.05, 0.1) is 6.10 Å². The molecule has 0 radical (unpaired) electrons. The van der Waals surface area contributed by atoms with Crippen LogP contribution in [0.15, 0.2) is 0 Å². The maximum Gasteiger partial charge on any atom is 0.0543 e. The van der Waals surface area contributed by atoms with Gasteiger partial charge in [-0.25, -0.2) is 0 Å². The lowest BCUT2D eigenvalue weighted by Gasteiger charge is -2.60. The van der Waals surface area contributed by atoms with Gasteiger partial charge in [-0.2, -0.15) is 0 Å². The van der Waals surface area contributed by atoms with Crippen molar-refractivity contribution in [2.24, 2.45) is 34.5 Å². The van der Waals surface area contributed by atoms with Crippen LogP contribution in [0.3, 0.4) is 0 Å². The summed E-state index contributed by atoms with van der Waals surface area (Å²) in [4.78, 5) is 0. The molecular formula is C19H32O. The van der Waals surface area contributed by atoms with Gasteiger partial charge in [0.15, 0.2) is 0 Å². The van der Waals surface area contributed by atoms with Crippen LogP contribution in [0.2, 0.25) is 0 Å². The van der Waals surface area contributed by atoms with Crippen LogP contribution in [-0.4, -0.2) is 11.2 Å². The topological polar surface area (TPSA) is 20.2 Å². The summed E-state index contributed by atoms with van der Waals surface area (Å²) in [7, 11) is 0. The molecule has 0 aromatic rings. The van der Waals surface area contributed by atoms with E-state index in [0.29, 0.717) is 10.8 Å². The van der Waals surface area contributed by atoms with Crippen LogP contribution < -0.4 is 0 Å². The zero-order chi connectivity index (χ0) is 14.0. The van der Waals surface area contributed by atoms with E-state index >= 15 is 0 Å². The lowest BCUT2D eigenvalue weighted by atomic mass is 9.45. The van der Waals surface area contributed by atoms with Gasteiger partial charge in [0.1, 0.15) is 0 Å². The molecule has 0 aliphatic heterocycles. The molecule has 0 heterocycles. The van der Waals surface area contributed by atoms with Crippen molar-refractivity contribution in [1.29, 1.82) is 0 Å². The Labute approximate surface area is 124 Å². The summed E-state index contributed by atoms with van der Waals surface area (Å²) in [6.45, 7) is 5.19. The van der Waals surface area contributed by atoms with Crippen LogP contribution in [0.4, 0.5) is 0 Å². The molecule has 0 amide bonds. The normalized spacial score (nSPS) is 58.6. The summed E-state index contributed by atoms with van der Waals surface area (Å²) in [5, 5.41) is 10.0. The van der Waals surface area contributed by atoms with Gasteiger partial charge in [0.25, 0.3) is 0 Å². The third-order valence-electron chi connectivity index (χ3n) is 8.42. The van der Waals surface area contributed by atoms with Gasteiger partial charge in [-0.1, -0.05) is 20.3 Å². The number of aliphatic hydroxyl groups is 1. The van der Waals surface area contributed by atoms with Crippen LogP contribution in [0.25, 0.3) is 0 Å². The van der Waals surface area contributed by atoms with Crippen LogP contribution >= 0.6 is 0 Å². The number of hydrogen-bond acceptors (Lipinski definition) is 1. The van der Waals surface area contributed by atoms with E-state index in [1.807, 2.05) is 0 Å². The maximum absolute atomic E-state index is 10.0. The molecule has 0 spiro atoms. The predicted molar refractivity (Wildman–Crippen MR) is 82.4 cm³/mol. The van der Waals surface area contributed by atoms with Crippen molar-refractivity contribution in [1.82, 2.24) is 0 Å². The Morgan fingerprint density at radius 1 is 0.850 bits per heavy atom. The molecule has 1 nitrogen and oxygen atoms in total. The van der Waals surface area contributed by atoms with Crippen molar-refractivity contribution in [3.8, 4) is 0 Å². The summed E-state index contributed by atoms with van der Waals surface area (Å²) in [5.74, 6) is 3.85. The Bertz CT molecular complexity index is 391. The van der Waals surface area contributed by atoms with E-state index in [-0.39, 0.29) is 6.10 Å². The van der Waals surface area contributed by atoms with Crippen molar-refractivity contribution in [3.63, 3.8) is 0 Å². The third-order valence-corrected chi connectivity index (χ3v) is 8.42. The molecule has 114 valence electrons. The van der Waals surface area contributed by atoms with Crippen LogP contribution in [0, 0.1) is 34.5 Å². The van der Waals surface area contributed by atoms with E-state index in [0.717, 1.165) is 36.5 Å². The molecule has 4 aliphatic carbocycles. The molecule has 0 unspecified atom stereocenters. The molecule has 0 bridgehead atoms. The summed E-state index contributed by atoms with van der Waals surface area (Å²) in [6, 6.07) is 0. The molecule has 4 aliphatic rings. The van der Waals surface area contributed by atoms with Gasteiger partial charge in [0, 0.05) is 0 Å². The molecule has 4 saturated carbocycles. The molecule has 1 heteroatoms. The van der Waals surface area contributed by atoms with Gasteiger partial charge >= 0.3 is 0 Å². The molecule has 0 saturated heterocycles. The largest absolute Gasteiger partial charge is 0.393 e. The van der Waals surface area contributed by atoms with Crippen LogP contribution in [0.5, 0.6) is 0 Å². The fourth-order valence-corrected chi connectivity index (χ4v) is 7.23. The average Bonchev–Trinajstić information content (AvgIpc) is 2.81. The fraction of sp³-hybridized carbons (Fsp3) is 1.00. The molecule has 0 aromatic heterocycles.